The molecule has 1 fully saturated rings. The molecule has 5 unspecified atom stereocenters. The number of aromatic nitrogens is 2. The van der Waals surface area contributed by atoms with Gasteiger partial charge in [0.1, 0.15) is 11.8 Å². The molecule has 208 valence electrons. The van der Waals surface area contributed by atoms with Gasteiger partial charge in [-0.1, -0.05) is 47.1 Å². The Morgan fingerprint density at radius 2 is 1.90 bits per heavy atom. The van der Waals surface area contributed by atoms with Gasteiger partial charge in [-0.3, -0.25) is 19.3 Å². The third-order valence-corrected chi connectivity index (χ3v) is 9.33. The van der Waals surface area contributed by atoms with Crippen molar-refractivity contribution in [3.63, 3.8) is 0 Å². The van der Waals surface area contributed by atoms with Crippen LogP contribution in [0.15, 0.2) is 34.9 Å². The zero-order valence-corrected chi connectivity index (χ0v) is 23.8. The molecule has 9 nitrogen and oxygen atoms in total. The number of pyridine rings is 1. The molecule has 6 rings (SSSR count). The Kier molecular flexibility index (Phi) is 6.34. The molecule has 0 spiro atoms. The first-order chi connectivity index (χ1) is 19.1. The number of hydrogen-bond acceptors (Lipinski definition) is 9. The maximum absolute atomic E-state index is 14.5. The van der Waals surface area contributed by atoms with E-state index in [1.807, 2.05) is 49.3 Å². The minimum atomic E-state index is -1.40. The standard InChI is InChI=1S/C30H31ClN4O5/c1-14-19-24(40-34-14)22(35(4)5)18-12-16-11-17-21(23(36)20(16)27(38)30(18,2)26(19)37)25(29(32-3)33-28(17)31)39-13-15-9-7-6-8-10-15/h6-10,16,18,20,22H,11-13H2,1-5H3,(H,32,33). The molecule has 10 heteroatoms. The van der Waals surface area contributed by atoms with E-state index >= 15 is 0 Å². The molecule has 5 atom stereocenters. The van der Waals surface area contributed by atoms with Gasteiger partial charge in [0.25, 0.3) is 0 Å². The molecule has 0 radical (unpaired) electrons. The minimum Gasteiger partial charge on any atom is -0.484 e. The number of fused-ring (bicyclic) bond motifs is 4. The highest BCUT2D eigenvalue weighted by molar-refractivity contribution is 6.32. The van der Waals surface area contributed by atoms with Crippen LogP contribution in [0.4, 0.5) is 5.82 Å². The van der Waals surface area contributed by atoms with Gasteiger partial charge in [-0.25, -0.2) is 4.98 Å². The Bertz CT molecular complexity index is 1550. The highest BCUT2D eigenvalue weighted by Crippen LogP contribution is 2.58. The van der Waals surface area contributed by atoms with Crippen LogP contribution in [0, 0.1) is 30.1 Å². The van der Waals surface area contributed by atoms with Gasteiger partial charge >= 0.3 is 0 Å². The van der Waals surface area contributed by atoms with Crippen molar-refractivity contribution in [2.24, 2.45) is 23.2 Å². The molecule has 1 aromatic carbocycles. The number of ether oxygens (including phenoxy) is 1. The van der Waals surface area contributed by atoms with Crippen LogP contribution in [0.1, 0.15) is 62.7 Å². The molecule has 1 N–H and O–H groups in total. The molecule has 0 saturated heterocycles. The molecule has 0 aliphatic heterocycles. The summed E-state index contributed by atoms with van der Waals surface area (Å²) in [7, 11) is 5.47. The number of hydrogen-bond donors (Lipinski definition) is 1. The Morgan fingerprint density at radius 3 is 2.58 bits per heavy atom. The Labute approximate surface area is 237 Å². The largest absolute Gasteiger partial charge is 0.484 e. The number of rotatable bonds is 5. The van der Waals surface area contributed by atoms with E-state index in [0.717, 1.165) is 5.56 Å². The zero-order valence-electron chi connectivity index (χ0n) is 23.1. The second-order valence-corrected chi connectivity index (χ2v) is 11.8. The predicted molar refractivity (Wildman–Crippen MR) is 148 cm³/mol. The average molecular weight is 563 g/mol. The first-order valence-electron chi connectivity index (χ1n) is 13.4. The predicted octanol–water partition coefficient (Wildman–Crippen LogP) is 4.72. The number of benzene rings is 1. The molecule has 1 saturated carbocycles. The van der Waals surface area contributed by atoms with Crippen LogP contribution in [0.3, 0.4) is 0 Å². The molecule has 40 heavy (non-hydrogen) atoms. The number of carbonyl (C=O) groups excluding carboxylic acids is 3. The van der Waals surface area contributed by atoms with Crippen molar-refractivity contribution in [3.05, 3.63) is 69.2 Å². The van der Waals surface area contributed by atoms with Crippen LogP contribution < -0.4 is 10.1 Å². The number of carbonyl (C=O) groups is 3. The monoisotopic (exact) mass is 562 g/mol. The van der Waals surface area contributed by atoms with E-state index in [9.17, 15) is 14.4 Å². The van der Waals surface area contributed by atoms with Crippen molar-refractivity contribution in [3.8, 4) is 5.75 Å². The lowest BCUT2D eigenvalue weighted by atomic mass is 9.50. The lowest BCUT2D eigenvalue weighted by molar-refractivity contribution is -0.140. The van der Waals surface area contributed by atoms with Gasteiger partial charge in [-0.15, -0.1) is 0 Å². The van der Waals surface area contributed by atoms with Crippen LogP contribution in [-0.4, -0.2) is 53.5 Å². The van der Waals surface area contributed by atoms with Crippen LogP contribution in [0.25, 0.3) is 0 Å². The molecule has 3 aromatic rings. The summed E-state index contributed by atoms with van der Waals surface area (Å²) in [5.41, 5.74) is 1.16. The summed E-state index contributed by atoms with van der Waals surface area (Å²) in [6, 6.07) is 9.24. The topological polar surface area (TPSA) is 115 Å². The van der Waals surface area contributed by atoms with E-state index in [0.29, 0.717) is 41.2 Å². The summed E-state index contributed by atoms with van der Waals surface area (Å²) < 4.78 is 11.8. The maximum Gasteiger partial charge on any atom is 0.182 e. The van der Waals surface area contributed by atoms with E-state index in [1.165, 1.54) is 0 Å². The maximum atomic E-state index is 14.5. The highest BCUT2D eigenvalue weighted by Gasteiger charge is 2.65. The highest BCUT2D eigenvalue weighted by atomic mass is 35.5. The molecule has 2 aromatic heterocycles. The van der Waals surface area contributed by atoms with E-state index in [4.69, 9.17) is 20.9 Å². The van der Waals surface area contributed by atoms with Gasteiger partial charge in [0, 0.05) is 18.5 Å². The van der Waals surface area contributed by atoms with Crippen LogP contribution in [-0.2, 0) is 17.8 Å². The quantitative estimate of drug-likeness (QED) is 0.348. The minimum absolute atomic E-state index is 0.205. The summed E-state index contributed by atoms with van der Waals surface area (Å²) in [5.74, 6) is -1.71. The Hall–Kier alpha value is -3.56. The van der Waals surface area contributed by atoms with E-state index < -0.39 is 17.3 Å². The summed E-state index contributed by atoms with van der Waals surface area (Å²) in [6.07, 6.45) is 0.842. The van der Waals surface area contributed by atoms with Crippen molar-refractivity contribution in [2.75, 3.05) is 26.5 Å². The fraction of sp³-hybridized carbons (Fsp3) is 0.433. The van der Waals surface area contributed by atoms with Crippen LogP contribution >= 0.6 is 11.6 Å². The molecular weight excluding hydrogens is 532 g/mol. The van der Waals surface area contributed by atoms with Gasteiger partial charge in [0.05, 0.1) is 34.2 Å². The van der Waals surface area contributed by atoms with Crippen molar-refractivity contribution in [1.82, 2.24) is 15.0 Å². The third kappa shape index (κ3) is 3.67. The van der Waals surface area contributed by atoms with Gasteiger partial charge in [-0.05, 0) is 52.3 Å². The zero-order chi connectivity index (χ0) is 28.5. The van der Waals surface area contributed by atoms with Crippen LogP contribution in [0.2, 0.25) is 5.15 Å². The number of anilines is 1. The summed E-state index contributed by atoms with van der Waals surface area (Å²) in [6.45, 7) is 3.61. The van der Waals surface area contributed by atoms with Gasteiger partial charge < -0.3 is 14.6 Å². The van der Waals surface area contributed by atoms with E-state index in [2.05, 4.69) is 15.5 Å². The average Bonchev–Trinajstić information content (AvgIpc) is 3.31. The van der Waals surface area contributed by atoms with Gasteiger partial charge in [0.2, 0.25) is 0 Å². The van der Waals surface area contributed by atoms with Gasteiger partial charge in [-0.2, -0.15) is 0 Å². The fourth-order valence-electron chi connectivity index (χ4n) is 7.06. The van der Waals surface area contributed by atoms with E-state index in [-0.39, 0.29) is 52.4 Å². The summed E-state index contributed by atoms with van der Waals surface area (Å²) in [5, 5.41) is 7.26. The molecule has 3 aliphatic rings. The normalized spacial score (nSPS) is 27.1. The second kappa shape index (κ2) is 9.52. The fourth-order valence-corrected chi connectivity index (χ4v) is 7.31. The van der Waals surface area contributed by atoms with Crippen molar-refractivity contribution in [1.29, 1.82) is 0 Å². The molecule has 3 aliphatic carbocycles. The number of Topliss-reactive ketones (excluding diaryl/α,β-unsaturated/α-hetero) is 3. The molecule has 0 amide bonds. The van der Waals surface area contributed by atoms with Crippen LogP contribution in [0.5, 0.6) is 5.75 Å². The number of ketones is 3. The number of aryl methyl sites for hydroxylation is 1. The second-order valence-electron chi connectivity index (χ2n) is 11.4. The van der Waals surface area contributed by atoms with Crippen molar-refractivity contribution in [2.45, 2.75) is 39.3 Å². The van der Waals surface area contributed by atoms with Crippen molar-refractivity contribution >= 4 is 34.8 Å². The molecular formula is C30H31ClN4O5. The number of halogens is 1. The molecule has 2 heterocycles. The number of nitrogens with zero attached hydrogens (tertiary/aromatic N) is 3. The summed E-state index contributed by atoms with van der Waals surface area (Å²) in [4.78, 5) is 49.3. The lowest BCUT2D eigenvalue weighted by Gasteiger charge is -2.52. The summed E-state index contributed by atoms with van der Waals surface area (Å²) >= 11 is 6.66. The van der Waals surface area contributed by atoms with Gasteiger partial charge in [0.15, 0.2) is 34.7 Å². The SMILES string of the molecule is CNc1nc(Cl)c2c(c1OCc1ccccc1)C(=O)C1C(=O)C3(C)C(=O)c4c(C)noc4C(N(C)C)C3CC1C2. The third-order valence-electron chi connectivity index (χ3n) is 9.02. The Morgan fingerprint density at radius 1 is 1.18 bits per heavy atom. The number of nitrogens with one attached hydrogen (secondary N) is 1. The molecule has 0 bridgehead atoms. The smallest absolute Gasteiger partial charge is 0.182 e. The first-order valence-corrected chi connectivity index (χ1v) is 13.8. The van der Waals surface area contributed by atoms with Crippen molar-refractivity contribution < 1.29 is 23.6 Å². The first kappa shape index (κ1) is 26.7. The Balaban J connectivity index is 1.46. The van der Waals surface area contributed by atoms with E-state index in [1.54, 1.807) is 20.9 Å². The lowest BCUT2D eigenvalue weighted by Crippen LogP contribution is -2.60.